The summed E-state index contributed by atoms with van der Waals surface area (Å²) in [5, 5.41) is 5.38. The van der Waals surface area contributed by atoms with Crippen molar-refractivity contribution in [2.75, 3.05) is 26.2 Å². The van der Waals surface area contributed by atoms with Crippen LogP contribution in [0.1, 0.15) is 47.4 Å². The summed E-state index contributed by atoms with van der Waals surface area (Å²) in [5.74, 6) is 0.135. The summed E-state index contributed by atoms with van der Waals surface area (Å²) < 4.78 is 1.78. The lowest BCUT2D eigenvalue weighted by molar-refractivity contribution is 0.0609. The third kappa shape index (κ3) is 2.92. The maximum absolute atomic E-state index is 13.3. The largest absolute Gasteiger partial charge is 0.337 e. The standard InChI is InChI=1S/C19H27N5O/c1-13-11-16(17-14(2)21-22(3)18(17)20-13)19(25)24-10-6-7-15(12-24)23-8-4-5-9-23/h11,15H,4-10,12H2,1-3H3. The zero-order chi connectivity index (χ0) is 17.6. The van der Waals surface area contributed by atoms with Crippen molar-refractivity contribution in [3.63, 3.8) is 0 Å². The molecule has 4 rings (SSSR count). The van der Waals surface area contributed by atoms with Crippen LogP contribution in [0.4, 0.5) is 0 Å². The predicted octanol–water partition coefficient (Wildman–Crippen LogP) is 2.29. The molecule has 6 heteroatoms. The number of carbonyl (C=O) groups is 1. The van der Waals surface area contributed by atoms with Gasteiger partial charge in [-0.2, -0.15) is 5.10 Å². The molecule has 0 aliphatic carbocycles. The van der Waals surface area contributed by atoms with Gasteiger partial charge in [0.25, 0.3) is 5.91 Å². The number of hydrogen-bond donors (Lipinski definition) is 0. The van der Waals surface area contributed by atoms with Crippen LogP contribution in [0.3, 0.4) is 0 Å². The first-order chi connectivity index (χ1) is 12.0. The Morgan fingerprint density at radius 2 is 1.92 bits per heavy atom. The Bertz CT molecular complexity index is 806. The Kier molecular flexibility index (Phi) is 4.23. The van der Waals surface area contributed by atoms with Crippen LogP contribution in [0.15, 0.2) is 6.07 Å². The number of amides is 1. The van der Waals surface area contributed by atoms with Crippen LogP contribution >= 0.6 is 0 Å². The maximum atomic E-state index is 13.3. The van der Waals surface area contributed by atoms with E-state index in [4.69, 9.17) is 0 Å². The number of carbonyl (C=O) groups excluding carboxylic acids is 1. The van der Waals surface area contributed by atoms with Gasteiger partial charge in [-0.1, -0.05) is 0 Å². The Morgan fingerprint density at radius 1 is 1.16 bits per heavy atom. The molecular weight excluding hydrogens is 314 g/mol. The molecule has 2 aliphatic rings. The fourth-order valence-electron chi connectivity index (χ4n) is 4.45. The predicted molar refractivity (Wildman–Crippen MR) is 97.7 cm³/mol. The van der Waals surface area contributed by atoms with E-state index < -0.39 is 0 Å². The normalized spacial score (nSPS) is 22.0. The first-order valence-corrected chi connectivity index (χ1v) is 9.39. The Labute approximate surface area is 148 Å². The lowest BCUT2D eigenvalue weighted by Crippen LogP contribution is -2.49. The van der Waals surface area contributed by atoms with Crippen molar-refractivity contribution in [2.24, 2.45) is 7.05 Å². The molecular formula is C19H27N5O. The SMILES string of the molecule is Cc1cc(C(=O)N2CCCC(N3CCCC3)C2)c2c(C)nn(C)c2n1. The zero-order valence-electron chi connectivity index (χ0n) is 15.5. The average Bonchev–Trinajstić information content (AvgIpc) is 3.23. The van der Waals surface area contributed by atoms with Crippen LogP contribution < -0.4 is 0 Å². The molecule has 0 radical (unpaired) electrons. The van der Waals surface area contributed by atoms with E-state index in [0.717, 1.165) is 47.5 Å². The molecule has 1 unspecified atom stereocenters. The van der Waals surface area contributed by atoms with Crippen molar-refractivity contribution in [3.8, 4) is 0 Å². The molecule has 2 saturated heterocycles. The van der Waals surface area contributed by atoms with Crippen LogP contribution in [0, 0.1) is 13.8 Å². The average molecular weight is 341 g/mol. The Morgan fingerprint density at radius 3 is 2.68 bits per heavy atom. The number of nitrogens with zero attached hydrogens (tertiary/aromatic N) is 5. The molecule has 2 aromatic heterocycles. The quantitative estimate of drug-likeness (QED) is 0.841. The van der Waals surface area contributed by atoms with Gasteiger partial charge in [0, 0.05) is 31.9 Å². The van der Waals surface area contributed by atoms with Crippen molar-refractivity contribution in [3.05, 3.63) is 23.0 Å². The number of aryl methyl sites for hydroxylation is 3. The molecule has 6 nitrogen and oxygen atoms in total. The van der Waals surface area contributed by atoms with E-state index in [1.807, 2.05) is 31.9 Å². The molecule has 25 heavy (non-hydrogen) atoms. The van der Waals surface area contributed by atoms with E-state index in [1.54, 1.807) is 4.68 Å². The van der Waals surface area contributed by atoms with E-state index >= 15 is 0 Å². The minimum absolute atomic E-state index is 0.135. The minimum Gasteiger partial charge on any atom is -0.337 e. The zero-order valence-corrected chi connectivity index (χ0v) is 15.5. The fraction of sp³-hybridized carbons (Fsp3) is 0.632. The fourth-order valence-corrected chi connectivity index (χ4v) is 4.45. The van der Waals surface area contributed by atoms with Crippen LogP contribution in [0.25, 0.3) is 11.0 Å². The molecule has 2 aromatic rings. The van der Waals surface area contributed by atoms with Gasteiger partial charge in [0.15, 0.2) is 5.65 Å². The van der Waals surface area contributed by atoms with E-state index in [2.05, 4.69) is 15.0 Å². The van der Waals surface area contributed by atoms with Gasteiger partial charge in [-0.3, -0.25) is 14.4 Å². The second kappa shape index (κ2) is 6.41. The smallest absolute Gasteiger partial charge is 0.254 e. The van der Waals surface area contributed by atoms with Crippen LogP contribution in [-0.2, 0) is 7.05 Å². The highest BCUT2D eigenvalue weighted by Gasteiger charge is 2.31. The summed E-state index contributed by atoms with van der Waals surface area (Å²) in [4.78, 5) is 22.5. The molecule has 0 saturated carbocycles. The molecule has 1 atom stereocenters. The van der Waals surface area contributed by atoms with Gasteiger partial charge >= 0.3 is 0 Å². The summed E-state index contributed by atoms with van der Waals surface area (Å²) in [7, 11) is 1.89. The van der Waals surface area contributed by atoms with Crippen LogP contribution in [0.5, 0.6) is 0 Å². The molecule has 0 bridgehead atoms. The van der Waals surface area contributed by atoms with Gasteiger partial charge < -0.3 is 4.90 Å². The van der Waals surface area contributed by atoms with Crippen LogP contribution in [0.2, 0.25) is 0 Å². The summed E-state index contributed by atoms with van der Waals surface area (Å²) in [5.41, 5.74) is 3.30. The number of rotatable bonds is 2. The maximum Gasteiger partial charge on any atom is 0.254 e. The van der Waals surface area contributed by atoms with Gasteiger partial charge in [0.1, 0.15) is 0 Å². The van der Waals surface area contributed by atoms with Crippen molar-refractivity contribution in [2.45, 2.75) is 45.6 Å². The highest BCUT2D eigenvalue weighted by atomic mass is 16.2. The van der Waals surface area contributed by atoms with E-state index in [1.165, 1.54) is 32.4 Å². The molecule has 134 valence electrons. The molecule has 2 fully saturated rings. The van der Waals surface area contributed by atoms with Crippen molar-refractivity contribution in [1.82, 2.24) is 24.6 Å². The van der Waals surface area contributed by atoms with Gasteiger partial charge in [-0.15, -0.1) is 0 Å². The van der Waals surface area contributed by atoms with Crippen molar-refractivity contribution < 1.29 is 4.79 Å². The second-order valence-corrected chi connectivity index (χ2v) is 7.51. The topological polar surface area (TPSA) is 54.3 Å². The van der Waals surface area contributed by atoms with Crippen molar-refractivity contribution >= 4 is 16.9 Å². The number of likely N-dealkylation sites (tertiary alicyclic amines) is 2. The number of aromatic nitrogens is 3. The monoisotopic (exact) mass is 341 g/mol. The van der Waals surface area contributed by atoms with Gasteiger partial charge in [-0.05, 0) is 58.7 Å². The number of pyridine rings is 1. The van der Waals surface area contributed by atoms with E-state index in [-0.39, 0.29) is 5.91 Å². The summed E-state index contributed by atoms with van der Waals surface area (Å²) in [6, 6.07) is 2.45. The Balaban J connectivity index is 1.65. The highest BCUT2D eigenvalue weighted by molar-refractivity contribution is 6.06. The van der Waals surface area contributed by atoms with Gasteiger partial charge in [-0.25, -0.2) is 4.98 Å². The molecule has 1 amide bonds. The van der Waals surface area contributed by atoms with Crippen molar-refractivity contribution in [1.29, 1.82) is 0 Å². The summed E-state index contributed by atoms with van der Waals surface area (Å²) in [6.07, 6.45) is 4.89. The van der Waals surface area contributed by atoms with Gasteiger partial charge in [0.2, 0.25) is 0 Å². The first kappa shape index (κ1) is 16.5. The third-order valence-corrected chi connectivity index (χ3v) is 5.67. The molecule has 2 aliphatic heterocycles. The Hall–Kier alpha value is -1.95. The third-order valence-electron chi connectivity index (χ3n) is 5.67. The van der Waals surface area contributed by atoms with E-state index in [9.17, 15) is 4.79 Å². The first-order valence-electron chi connectivity index (χ1n) is 9.39. The molecule has 0 N–H and O–H groups in total. The van der Waals surface area contributed by atoms with Crippen LogP contribution in [-0.4, -0.2) is 62.7 Å². The molecule has 0 aromatic carbocycles. The molecule has 4 heterocycles. The van der Waals surface area contributed by atoms with Gasteiger partial charge in [0.05, 0.1) is 16.6 Å². The van der Waals surface area contributed by atoms with E-state index in [0.29, 0.717) is 6.04 Å². The minimum atomic E-state index is 0.135. The highest BCUT2D eigenvalue weighted by Crippen LogP contribution is 2.26. The number of fused-ring (bicyclic) bond motifs is 1. The lowest BCUT2D eigenvalue weighted by Gasteiger charge is -2.37. The molecule has 0 spiro atoms. The number of piperidine rings is 1. The second-order valence-electron chi connectivity index (χ2n) is 7.51. The lowest BCUT2D eigenvalue weighted by atomic mass is 10.0. The summed E-state index contributed by atoms with van der Waals surface area (Å²) in [6.45, 7) is 7.98. The number of hydrogen-bond acceptors (Lipinski definition) is 4. The summed E-state index contributed by atoms with van der Waals surface area (Å²) >= 11 is 0.